The number of halogens is 1. The fraction of sp³-hybridized carbons (Fsp3) is 0.320. The summed E-state index contributed by atoms with van der Waals surface area (Å²) in [5.74, 6) is 2.07. The summed E-state index contributed by atoms with van der Waals surface area (Å²) in [6.45, 7) is 2.87. The summed E-state index contributed by atoms with van der Waals surface area (Å²) in [6.07, 6.45) is 0.700. The van der Waals surface area contributed by atoms with Crippen LogP contribution in [-0.2, 0) is 6.42 Å². The number of carbonyl (C=O) groups is 1. The van der Waals surface area contributed by atoms with Crippen LogP contribution in [0.3, 0.4) is 0 Å². The van der Waals surface area contributed by atoms with E-state index in [1.165, 1.54) is 7.11 Å². The van der Waals surface area contributed by atoms with Gasteiger partial charge in [-0.2, -0.15) is 0 Å². The van der Waals surface area contributed by atoms with Crippen molar-refractivity contribution in [3.05, 3.63) is 68.4 Å². The molecule has 8 heteroatoms. The smallest absolute Gasteiger partial charge is 0.254 e. The molecule has 0 radical (unpaired) electrons. The van der Waals surface area contributed by atoms with Crippen LogP contribution >= 0.6 is 22.9 Å². The Morgan fingerprint density at radius 1 is 1.09 bits per heavy atom. The van der Waals surface area contributed by atoms with Crippen molar-refractivity contribution >= 4 is 28.8 Å². The van der Waals surface area contributed by atoms with Crippen molar-refractivity contribution < 1.29 is 23.7 Å². The van der Waals surface area contributed by atoms with Gasteiger partial charge in [0.2, 0.25) is 0 Å². The summed E-state index contributed by atoms with van der Waals surface area (Å²) in [5, 5.41) is 2.36. The summed E-state index contributed by atoms with van der Waals surface area (Å²) < 4.78 is 22.1. The number of fused-ring (bicyclic) bond motifs is 1. The summed E-state index contributed by atoms with van der Waals surface area (Å²) >= 11 is 8.08. The number of hydrogen-bond acceptors (Lipinski definition) is 6. The predicted molar refractivity (Wildman–Crippen MR) is 130 cm³/mol. The molecular formula is C25H26ClNO5S. The lowest BCUT2D eigenvalue weighted by Gasteiger charge is -2.37. The highest BCUT2D eigenvalue weighted by atomic mass is 35.5. The molecule has 1 aliphatic heterocycles. The van der Waals surface area contributed by atoms with Crippen molar-refractivity contribution in [1.82, 2.24) is 4.90 Å². The van der Waals surface area contributed by atoms with Crippen LogP contribution in [0.1, 0.15) is 39.3 Å². The predicted octanol–water partition coefficient (Wildman–Crippen LogP) is 5.61. The number of carbonyl (C=O) groups excluding carboxylic acids is 1. The Hall–Kier alpha value is -2.90. The molecule has 0 fully saturated rings. The summed E-state index contributed by atoms with van der Waals surface area (Å²) in [4.78, 5) is 16.8. The zero-order chi connectivity index (χ0) is 23.5. The molecule has 174 valence electrons. The first kappa shape index (κ1) is 23.3. The molecule has 2 heterocycles. The summed E-state index contributed by atoms with van der Waals surface area (Å²) in [5.41, 5.74) is 2.61. The fourth-order valence-corrected chi connectivity index (χ4v) is 5.33. The summed E-state index contributed by atoms with van der Waals surface area (Å²) in [6, 6.07) is 11.1. The quantitative estimate of drug-likeness (QED) is 0.433. The number of thiophene rings is 1. The lowest BCUT2D eigenvalue weighted by Crippen LogP contribution is -2.40. The zero-order valence-corrected chi connectivity index (χ0v) is 20.6. The van der Waals surface area contributed by atoms with E-state index in [0.29, 0.717) is 53.2 Å². The van der Waals surface area contributed by atoms with Crippen LogP contribution in [0.4, 0.5) is 0 Å². The van der Waals surface area contributed by atoms with E-state index in [1.54, 1.807) is 37.7 Å². The third-order valence-electron chi connectivity index (χ3n) is 5.71. The first-order valence-electron chi connectivity index (χ1n) is 10.6. The van der Waals surface area contributed by atoms with Crippen LogP contribution in [0.25, 0.3) is 0 Å². The van der Waals surface area contributed by atoms with E-state index < -0.39 is 0 Å². The Morgan fingerprint density at radius 3 is 2.45 bits per heavy atom. The van der Waals surface area contributed by atoms with E-state index >= 15 is 0 Å². The lowest BCUT2D eigenvalue weighted by atomic mass is 9.90. The Kier molecular flexibility index (Phi) is 7.00. The molecule has 1 aromatic heterocycles. The number of benzene rings is 2. The molecule has 33 heavy (non-hydrogen) atoms. The molecule has 0 spiro atoms. The molecule has 2 aromatic carbocycles. The van der Waals surface area contributed by atoms with Gasteiger partial charge in [-0.1, -0.05) is 17.7 Å². The van der Waals surface area contributed by atoms with Gasteiger partial charge in [-0.3, -0.25) is 4.79 Å². The van der Waals surface area contributed by atoms with Gasteiger partial charge in [-0.05, 0) is 60.2 Å². The first-order valence-corrected chi connectivity index (χ1v) is 11.9. The molecule has 0 saturated carbocycles. The average Bonchev–Trinajstić information content (AvgIpc) is 3.37. The molecule has 3 aromatic rings. The largest absolute Gasteiger partial charge is 0.493 e. The molecular weight excluding hydrogens is 462 g/mol. The van der Waals surface area contributed by atoms with Crippen LogP contribution in [0.15, 0.2) is 41.8 Å². The number of ether oxygens (including phenoxy) is 4. The maximum Gasteiger partial charge on any atom is 0.254 e. The number of methoxy groups -OCH3 is 3. The van der Waals surface area contributed by atoms with Crippen molar-refractivity contribution in [1.29, 1.82) is 0 Å². The monoisotopic (exact) mass is 487 g/mol. The van der Waals surface area contributed by atoms with E-state index in [9.17, 15) is 4.79 Å². The molecule has 4 rings (SSSR count). The number of rotatable bonds is 7. The van der Waals surface area contributed by atoms with Crippen molar-refractivity contribution in [2.75, 3.05) is 34.5 Å². The highest BCUT2D eigenvalue weighted by Crippen LogP contribution is 2.43. The lowest BCUT2D eigenvalue weighted by molar-refractivity contribution is 0.0696. The average molecular weight is 488 g/mol. The van der Waals surface area contributed by atoms with Gasteiger partial charge in [-0.15, -0.1) is 11.3 Å². The second-order valence-corrected chi connectivity index (χ2v) is 8.88. The number of hydrogen-bond donors (Lipinski definition) is 0. The maximum absolute atomic E-state index is 13.8. The van der Waals surface area contributed by atoms with Gasteiger partial charge in [0, 0.05) is 17.0 Å². The van der Waals surface area contributed by atoms with Crippen LogP contribution in [0, 0.1) is 0 Å². The van der Waals surface area contributed by atoms with Crippen molar-refractivity contribution in [2.45, 2.75) is 19.4 Å². The van der Waals surface area contributed by atoms with Gasteiger partial charge in [0.25, 0.3) is 5.91 Å². The highest BCUT2D eigenvalue weighted by Gasteiger charge is 2.35. The molecule has 0 bridgehead atoms. The molecule has 0 N–H and O–H groups in total. The van der Waals surface area contributed by atoms with Gasteiger partial charge in [-0.25, -0.2) is 0 Å². The van der Waals surface area contributed by atoms with Gasteiger partial charge in [0.05, 0.1) is 39.0 Å². The van der Waals surface area contributed by atoms with Crippen molar-refractivity contribution in [3.8, 4) is 23.0 Å². The third-order valence-corrected chi connectivity index (χ3v) is 6.92. The minimum atomic E-state index is -0.252. The standard InChI is InChI=1S/C25H26ClNO5S/c1-5-32-24-18(26)11-16(13-21(24)31-4)25(28)27-9-8-15-12-19(29-2)20(30-3)14-17(15)23(27)22-7-6-10-33-22/h6-7,10-14,23H,5,8-9H2,1-4H3/t23-/m0/s1. The molecule has 1 atom stereocenters. The molecule has 0 unspecified atom stereocenters. The Morgan fingerprint density at radius 2 is 1.82 bits per heavy atom. The normalized spacial score (nSPS) is 15.1. The SMILES string of the molecule is CCOc1c(Cl)cc(C(=O)N2CCc3cc(OC)c(OC)cc3[C@H]2c2cccs2)cc1OC. The zero-order valence-electron chi connectivity index (χ0n) is 19.0. The summed E-state index contributed by atoms with van der Waals surface area (Å²) in [7, 11) is 4.78. The number of nitrogens with zero attached hydrogens (tertiary/aromatic N) is 1. The van der Waals surface area contributed by atoms with Gasteiger partial charge >= 0.3 is 0 Å². The third kappa shape index (κ3) is 4.35. The van der Waals surface area contributed by atoms with Crippen LogP contribution < -0.4 is 18.9 Å². The van der Waals surface area contributed by atoms with Crippen molar-refractivity contribution in [3.63, 3.8) is 0 Å². The minimum absolute atomic E-state index is 0.128. The van der Waals surface area contributed by atoms with Gasteiger partial charge in [0.15, 0.2) is 23.0 Å². The van der Waals surface area contributed by atoms with E-state index in [2.05, 4.69) is 0 Å². The van der Waals surface area contributed by atoms with Crippen LogP contribution in [-0.4, -0.2) is 45.3 Å². The second kappa shape index (κ2) is 9.93. The van der Waals surface area contributed by atoms with Gasteiger partial charge in [0.1, 0.15) is 0 Å². The van der Waals surface area contributed by atoms with E-state index in [1.807, 2.05) is 41.5 Å². The topological polar surface area (TPSA) is 57.2 Å². The van der Waals surface area contributed by atoms with Gasteiger partial charge < -0.3 is 23.8 Å². The maximum atomic E-state index is 13.8. The Balaban J connectivity index is 1.79. The van der Waals surface area contributed by atoms with Crippen LogP contribution in [0.5, 0.6) is 23.0 Å². The second-order valence-electron chi connectivity index (χ2n) is 7.49. The minimum Gasteiger partial charge on any atom is -0.493 e. The van der Waals surface area contributed by atoms with E-state index in [0.717, 1.165) is 16.0 Å². The van der Waals surface area contributed by atoms with Crippen molar-refractivity contribution in [2.24, 2.45) is 0 Å². The van der Waals surface area contributed by atoms with Crippen LogP contribution in [0.2, 0.25) is 5.02 Å². The van der Waals surface area contributed by atoms with E-state index in [-0.39, 0.29) is 11.9 Å². The Labute approximate surface area is 202 Å². The fourth-order valence-electron chi connectivity index (χ4n) is 4.21. The molecule has 1 aliphatic rings. The number of amides is 1. The molecule has 0 saturated heterocycles. The molecule has 1 amide bonds. The molecule has 6 nitrogen and oxygen atoms in total. The van der Waals surface area contributed by atoms with E-state index in [4.69, 9.17) is 30.5 Å². The molecule has 0 aliphatic carbocycles. The first-order chi connectivity index (χ1) is 16.0. The highest BCUT2D eigenvalue weighted by molar-refractivity contribution is 7.10. The Bertz CT molecular complexity index is 1150.